The molecule has 6 nitrogen and oxygen atoms in total. The van der Waals surface area contributed by atoms with E-state index in [2.05, 4.69) is 19.6 Å². The quantitative estimate of drug-likeness (QED) is 0.576. The topological polar surface area (TPSA) is 77.4 Å². The number of rotatable bonds is 10. The minimum Gasteiger partial charge on any atom is -0.489 e. The molecule has 1 N–H and O–H groups in total. The summed E-state index contributed by atoms with van der Waals surface area (Å²) >= 11 is 0. The third kappa shape index (κ3) is 4.63. The van der Waals surface area contributed by atoms with Crippen LogP contribution in [0.15, 0.2) is 78.3 Å². The van der Waals surface area contributed by atoms with Crippen LogP contribution >= 0.6 is 0 Å². The lowest BCUT2D eigenvalue weighted by atomic mass is 9.98. The molecule has 2 aliphatic rings. The van der Waals surface area contributed by atoms with E-state index in [1.54, 1.807) is 12.1 Å². The number of nitrogens with zero attached hydrogens (tertiary/aromatic N) is 1. The van der Waals surface area contributed by atoms with Gasteiger partial charge in [0.25, 0.3) is 0 Å². The van der Waals surface area contributed by atoms with Crippen LogP contribution < -0.4 is 14.2 Å². The van der Waals surface area contributed by atoms with Gasteiger partial charge >= 0.3 is 5.97 Å². The molecule has 1 aliphatic heterocycles. The van der Waals surface area contributed by atoms with Crippen LogP contribution in [0, 0.1) is 5.41 Å². The van der Waals surface area contributed by atoms with Gasteiger partial charge in [0.05, 0.1) is 11.3 Å². The second-order valence-electron chi connectivity index (χ2n) is 8.03. The lowest BCUT2D eigenvalue weighted by molar-refractivity contribution is -0.139. The number of fused-ring (bicyclic) bond motifs is 1. The van der Waals surface area contributed by atoms with E-state index in [-0.39, 0.29) is 17.6 Å². The van der Waals surface area contributed by atoms with Crippen LogP contribution in [0.2, 0.25) is 0 Å². The van der Waals surface area contributed by atoms with E-state index in [9.17, 15) is 4.79 Å². The summed E-state index contributed by atoms with van der Waals surface area (Å²) in [5, 5.41) is 8.63. The molecule has 2 aromatic carbocycles. The fraction of sp³-hybridized carbons (Fsp3) is 0.280. The van der Waals surface area contributed by atoms with Gasteiger partial charge in [-0.25, -0.2) is 4.79 Å². The number of carboxylic acid groups (broad SMARTS) is 1. The lowest BCUT2D eigenvalue weighted by Crippen LogP contribution is -2.21. The number of ether oxygens (including phenoxy) is 3. The third-order valence-electron chi connectivity index (χ3n) is 5.73. The molecule has 0 amide bonds. The van der Waals surface area contributed by atoms with Crippen molar-refractivity contribution in [2.75, 3.05) is 13.2 Å². The van der Waals surface area contributed by atoms with Crippen LogP contribution in [0.5, 0.6) is 17.2 Å². The molecule has 2 atom stereocenters. The van der Waals surface area contributed by atoms with Crippen molar-refractivity contribution in [3.05, 3.63) is 78.9 Å². The smallest absolute Gasteiger partial charge is 0.341 e. The number of aliphatic imine (C=N–C) groups is 1. The minimum atomic E-state index is -1.00. The molecule has 0 spiro atoms. The van der Waals surface area contributed by atoms with Crippen LogP contribution in [0.1, 0.15) is 18.9 Å². The van der Waals surface area contributed by atoms with Crippen molar-refractivity contribution in [2.24, 2.45) is 10.4 Å². The Morgan fingerprint density at radius 3 is 2.23 bits per heavy atom. The van der Waals surface area contributed by atoms with Crippen LogP contribution in [0.3, 0.4) is 0 Å². The van der Waals surface area contributed by atoms with Crippen LogP contribution in [0.25, 0.3) is 0 Å². The lowest BCUT2D eigenvalue weighted by Gasteiger charge is -2.18. The molecule has 0 aromatic heterocycles. The second-order valence-corrected chi connectivity index (χ2v) is 8.03. The maximum absolute atomic E-state index is 10.5. The van der Waals surface area contributed by atoms with E-state index in [1.807, 2.05) is 48.6 Å². The SMILES string of the molecule is C=CC12CC1(C)C=CC(COc1ccc(OCc3ccc(OCC(=O)O)cc3)cc1)=N2. The molecule has 1 heterocycles. The Hall–Kier alpha value is -3.54. The van der Waals surface area contributed by atoms with Gasteiger partial charge in [-0.3, -0.25) is 4.99 Å². The molecule has 0 bridgehead atoms. The number of benzene rings is 2. The highest BCUT2D eigenvalue weighted by Gasteiger charge is 2.62. The Morgan fingerprint density at radius 1 is 1.03 bits per heavy atom. The number of carbonyl (C=O) groups is 1. The van der Waals surface area contributed by atoms with Gasteiger partial charge in [-0.05, 0) is 54.5 Å². The summed E-state index contributed by atoms with van der Waals surface area (Å²) in [6.07, 6.45) is 7.21. The van der Waals surface area contributed by atoms with Gasteiger partial charge < -0.3 is 19.3 Å². The zero-order valence-electron chi connectivity index (χ0n) is 17.4. The standard InChI is InChI=1S/C25H25NO5/c1-3-25-17-24(25,2)13-12-19(26-25)15-30-22-10-8-21(9-11-22)29-14-18-4-6-20(7-5-18)31-16-23(27)28/h3-13H,1,14-17H2,2H3,(H,27,28). The molecule has 1 saturated carbocycles. The predicted molar refractivity (Wildman–Crippen MR) is 118 cm³/mol. The molecule has 31 heavy (non-hydrogen) atoms. The molecule has 0 saturated heterocycles. The zero-order chi connectivity index (χ0) is 21.9. The van der Waals surface area contributed by atoms with Crippen molar-refractivity contribution >= 4 is 11.7 Å². The highest BCUT2D eigenvalue weighted by atomic mass is 16.5. The summed E-state index contributed by atoms with van der Waals surface area (Å²) in [6, 6.07) is 14.6. The van der Waals surface area contributed by atoms with Crippen LogP contribution in [-0.4, -0.2) is 35.5 Å². The minimum absolute atomic E-state index is 0.114. The summed E-state index contributed by atoms with van der Waals surface area (Å²) in [5.41, 5.74) is 1.83. The first kappa shape index (κ1) is 20.7. The van der Waals surface area contributed by atoms with Crippen LogP contribution in [0.4, 0.5) is 0 Å². The van der Waals surface area contributed by atoms with E-state index >= 15 is 0 Å². The predicted octanol–water partition coefficient (Wildman–Crippen LogP) is 4.45. The summed E-state index contributed by atoms with van der Waals surface area (Å²) < 4.78 is 16.8. The van der Waals surface area contributed by atoms with E-state index in [0.717, 1.165) is 29.2 Å². The monoisotopic (exact) mass is 419 g/mol. The number of carboxylic acids is 1. The highest BCUT2D eigenvalue weighted by Crippen LogP contribution is 2.62. The van der Waals surface area contributed by atoms with Gasteiger partial charge in [0.15, 0.2) is 6.61 Å². The van der Waals surface area contributed by atoms with Gasteiger partial charge in [-0.1, -0.05) is 31.2 Å². The first-order valence-corrected chi connectivity index (χ1v) is 10.1. The Morgan fingerprint density at radius 2 is 1.61 bits per heavy atom. The zero-order valence-corrected chi connectivity index (χ0v) is 17.4. The maximum atomic E-state index is 10.5. The van der Waals surface area contributed by atoms with E-state index < -0.39 is 5.97 Å². The molecular weight excluding hydrogens is 394 g/mol. The average molecular weight is 419 g/mol. The van der Waals surface area contributed by atoms with E-state index in [1.165, 1.54) is 0 Å². The molecular formula is C25H25NO5. The van der Waals surface area contributed by atoms with Crippen molar-refractivity contribution in [3.8, 4) is 17.2 Å². The van der Waals surface area contributed by atoms with E-state index in [4.69, 9.17) is 24.3 Å². The van der Waals surface area contributed by atoms with Gasteiger partial charge in [-0.2, -0.15) is 0 Å². The number of dihydropyridines is 1. The largest absolute Gasteiger partial charge is 0.489 e. The number of hydrogen-bond donors (Lipinski definition) is 1. The summed E-state index contributed by atoms with van der Waals surface area (Å²) in [4.78, 5) is 15.4. The maximum Gasteiger partial charge on any atom is 0.341 e. The fourth-order valence-electron chi connectivity index (χ4n) is 3.67. The molecule has 4 rings (SSSR count). The summed E-state index contributed by atoms with van der Waals surface area (Å²) in [6.45, 7) is 6.59. The number of hydrogen-bond acceptors (Lipinski definition) is 5. The molecule has 1 fully saturated rings. The molecule has 160 valence electrons. The second kappa shape index (κ2) is 8.30. The first-order chi connectivity index (χ1) is 14.9. The Bertz CT molecular complexity index is 1020. The molecule has 1 aliphatic carbocycles. The van der Waals surface area contributed by atoms with Gasteiger partial charge in [0.1, 0.15) is 30.5 Å². The van der Waals surface area contributed by atoms with Gasteiger partial charge in [0.2, 0.25) is 0 Å². The van der Waals surface area contributed by atoms with E-state index in [0.29, 0.717) is 19.0 Å². The van der Waals surface area contributed by atoms with Crippen molar-refractivity contribution in [3.63, 3.8) is 0 Å². The molecule has 2 unspecified atom stereocenters. The Labute approximate surface area is 181 Å². The number of aliphatic carboxylic acids is 1. The van der Waals surface area contributed by atoms with Crippen molar-refractivity contribution in [1.82, 2.24) is 0 Å². The van der Waals surface area contributed by atoms with Gasteiger partial charge in [0, 0.05) is 5.41 Å². The Balaban J connectivity index is 1.25. The molecule has 0 radical (unpaired) electrons. The Kier molecular flexibility index (Phi) is 5.55. The normalized spacial score (nSPS) is 23.3. The van der Waals surface area contributed by atoms with Gasteiger partial charge in [-0.15, -0.1) is 6.58 Å². The van der Waals surface area contributed by atoms with Crippen molar-refractivity contribution < 1.29 is 24.1 Å². The van der Waals surface area contributed by atoms with Crippen molar-refractivity contribution in [1.29, 1.82) is 0 Å². The van der Waals surface area contributed by atoms with Crippen molar-refractivity contribution in [2.45, 2.75) is 25.5 Å². The summed E-state index contributed by atoms with van der Waals surface area (Å²) in [7, 11) is 0. The molecule has 2 aromatic rings. The first-order valence-electron chi connectivity index (χ1n) is 10.1. The summed E-state index contributed by atoms with van der Waals surface area (Å²) in [5.74, 6) is 0.984. The highest BCUT2D eigenvalue weighted by molar-refractivity contribution is 5.98. The molecule has 6 heteroatoms. The third-order valence-corrected chi connectivity index (χ3v) is 5.73. The fourth-order valence-corrected chi connectivity index (χ4v) is 3.67. The average Bonchev–Trinajstić information content (AvgIpc) is 3.41. The van der Waals surface area contributed by atoms with Crippen LogP contribution in [-0.2, 0) is 11.4 Å².